The highest BCUT2D eigenvalue weighted by molar-refractivity contribution is 7.81. The molecular formula is C11H21NOS. The fraction of sp³-hybridized carbons (Fsp3) is 0.909. The van der Waals surface area contributed by atoms with Crippen LogP contribution in [0.2, 0.25) is 0 Å². The Morgan fingerprint density at radius 2 is 1.71 bits per heavy atom. The Balaban J connectivity index is 2.55. The maximum Gasteiger partial charge on any atom is 0.235 e. The molecule has 82 valence electrons. The van der Waals surface area contributed by atoms with Gasteiger partial charge in [0.1, 0.15) is 0 Å². The third-order valence-corrected chi connectivity index (χ3v) is 4.00. The highest BCUT2D eigenvalue weighted by Gasteiger charge is 2.32. The van der Waals surface area contributed by atoms with Crippen molar-refractivity contribution in [3.8, 4) is 0 Å². The van der Waals surface area contributed by atoms with Gasteiger partial charge in [0.25, 0.3) is 0 Å². The summed E-state index contributed by atoms with van der Waals surface area (Å²) in [4.78, 5) is 13.9. The van der Waals surface area contributed by atoms with Crippen molar-refractivity contribution in [3.05, 3.63) is 0 Å². The number of thiol groups is 1. The molecule has 0 aromatic rings. The second-order valence-corrected chi connectivity index (χ2v) is 5.44. The molecule has 1 rings (SSSR count). The first-order valence-corrected chi connectivity index (χ1v) is 5.92. The van der Waals surface area contributed by atoms with Crippen molar-refractivity contribution in [3.63, 3.8) is 0 Å². The van der Waals surface area contributed by atoms with Gasteiger partial charge < -0.3 is 4.90 Å². The first-order valence-electron chi connectivity index (χ1n) is 5.40. The van der Waals surface area contributed by atoms with E-state index < -0.39 is 0 Å². The van der Waals surface area contributed by atoms with Crippen LogP contribution in [-0.2, 0) is 4.79 Å². The van der Waals surface area contributed by atoms with Crippen LogP contribution in [0.25, 0.3) is 0 Å². The van der Waals surface area contributed by atoms with Crippen LogP contribution in [0.3, 0.4) is 0 Å². The van der Waals surface area contributed by atoms with Gasteiger partial charge in [0.2, 0.25) is 5.91 Å². The van der Waals surface area contributed by atoms with Crippen molar-refractivity contribution in [2.45, 2.75) is 32.9 Å². The molecule has 1 fully saturated rings. The Hall–Kier alpha value is -0.180. The Morgan fingerprint density at radius 3 is 2.07 bits per heavy atom. The van der Waals surface area contributed by atoms with Crippen LogP contribution in [0, 0.1) is 17.8 Å². The Bertz CT molecular complexity index is 207. The minimum absolute atomic E-state index is 0.132. The molecular weight excluding hydrogens is 194 g/mol. The Kier molecular flexibility index (Phi) is 3.87. The predicted molar refractivity (Wildman–Crippen MR) is 62.5 cm³/mol. The molecule has 3 atom stereocenters. The Morgan fingerprint density at radius 1 is 1.29 bits per heavy atom. The lowest BCUT2D eigenvalue weighted by Crippen LogP contribution is -2.37. The predicted octanol–water partition coefficient (Wildman–Crippen LogP) is 2.06. The summed E-state index contributed by atoms with van der Waals surface area (Å²) in [5.41, 5.74) is 0. The van der Waals surface area contributed by atoms with Crippen LogP contribution in [0.4, 0.5) is 0 Å². The van der Waals surface area contributed by atoms with Crippen molar-refractivity contribution >= 4 is 18.5 Å². The molecule has 1 heterocycles. The number of hydrogen-bond donors (Lipinski definition) is 1. The van der Waals surface area contributed by atoms with Crippen LogP contribution in [0.5, 0.6) is 0 Å². The molecule has 0 bridgehead atoms. The van der Waals surface area contributed by atoms with Crippen molar-refractivity contribution in [2.24, 2.45) is 17.8 Å². The van der Waals surface area contributed by atoms with Crippen molar-refractivity contribution in [1.29, 1.82) is 0 Å². The number of likely N-dealkylation sites (tertiary alicyclic amines) is 1. The molecule has 0 aromatic heterocycles. The van der Waals surface area contributed by atoms with Gasteiger partial charge in [-0.1, -0.05) is 27.7 Å². The molecule has 2 nitrogen and oxygen atoms in total. The summed E-state index contributed by atoms with van der Waals surface area (Å²) in [6.07, 6.45) is 0. The molecule has 1 amide bonds. The maximum absolute atomic E-state index is 11.9. The van der Waals surface area contributed by atoms with E-state index in [1.165, 1.54) is 0 Å². The van der Waals surface area contributed by atoms with E-state index in [1.807, 2.05) is 18.7 Å². The zero-order valence-corrected chi connectivity index (χ0v) is 10.4. The number of hydrogen-bond acceptors (Lipinski definition) is 2. The maximum atomic E-state index is 11.9. The molecule has 0 spiro atoms. The molecule has 14 heavy (non-hydrogen) atoms. The smallest absolute Gasteiger partial charge is 0.235 e. The molecule has 0 aromatic carbocycles. The molecule has 0 N–H and O–H groups in total. The lowest BCUT2D eigenvalue weighted by Gasteiger charge is -2.22. The van der Waals surface area contributed by atoms with Gasteiger partial charge in [-0.15, -0.1) is 0 Å². The molecule has 3 unspecified atom stereocenters. The minimum atomic E-state index is -0.132. The van der Waals surface area contributed by atoms with Gasteiger partial charge >= 0.3 is 0 Å². The molecule has 3 heteroatoms. The lowest BCUT2D eigenvalue weighted by atomic mass is 10.0. The van der Waals surface area contributed by atoms with E-state index >= 15 is 0 Å². The van der Waals surface area contributed by atoms with Gasteiger partial charge in [-0.2, -0.15) is 12.6 Å². The van der Waals surface area contributed by atoms with E-state index in [0.29, 0.717) is 17.8 Å². The third-order valence-electron chi connectivity index (χ3n) is 3.18. The van der Waals surface area contributed by atoms with Crippen LogP contribution >= 0.6 is 12.6 Å². The number of rotatable bonds is 2. The van der Waals surface area contributed by atoms with Crippen LogP contribution in [0.15, 0.2) is 0 Å². The zero-order chi connectivity index (χ0) is 10.9. The first kappa shape index (κ1) is 11.9. The van der Waals surface area contributed by atoms with Gasteiger partial charge in [-0.25, -0.2) is 0 Å². The summed E-state index contributed by atoms with van der Waals surface area (Å²) in [5, 5.41) is -0.132. The van der Waals surface area contributed by atoms with E-state index in [1.54, 1.807) is 0 Å². The van der Waals surface area contributed by atoms with Gasteiger partial charge in [0, 0.05) is 13.1 Å². The second-order valence-electron chi connectivity index (χ2n) is 4.89. The van der Waals surface area contributed by atoms with E-state index in [4.69, 9.17) is 0 Å². The molecule has 1 saturated heterocycles. The molecule has 1 aliphatic rings. The average Bonchev–Trinajstić information content (AvgIpc) is 2.44. The van der Waals surface area contributed by atoms with Crippen molar-refractivity contribution in [1.82, 2.24) is 4.90 Å². The van der Waals surface area contributed by atoms with Crippen LogP contribution < -0.4 is 0 Å². The zero-order valence-electron chi connectivity index (χ0n) is 9.53. The summed E-state index contributed by atoms with van der Waals surface area (Å²) in [7, 11) is 0. The quantitative estimate of drug-likeness (QED) is 0.699. The molecule has 0 saturated carbocycles. The van der Waals surface area contributed by atoms with Crippen molar-refractivity contribution < 1.29 is 4.79 Å². The second kappa shape index (κ2) is 4.56. The highest BCUT2D eigenvalue weighted by Crippen LogP contribution is 2.24. The van der Waals surface area contributed by atoms with Gasteiger partial charge in [-0.3, -0.25) is 4.79 Å². The summed E-state index contributed by atoms with van der Waals surface area (Å²) in [5.74, 6) is 1.79. The normalized spacial score (nSPS) is 29.7. The van der Waals surface area contributed by atoms with Gasteiger partial charge in [0.15, 0.2) is 0 Å². The summed E-state index contributed by atoms with van der Waals surface area (Å²) < 4.78 is 0. The highest BCUT2D eigenvalue weighted by atomic mass is 32.1. The monoisotopic (exact) mass is 215 g/mol. The average molecular weight is 215 g/mol. The number of carbonyl (C=O) groups excluding carboxylic acids is 1. The fourth-order valence-electron chi connectivity index (χ4n) is 1.78. The molecule has 0 radical (unpaired) electrons. The first-order chi connectivity index (χ1) is 6.43. The van der Waals surface area contributed by atoms with Crippen LogP contribution in [-0.4, -0.2) is 29.1 Å². The van der Waals surface area contributed by atoms with E-state index in [-0.39, 0.29) is 11.2 Å². The topological polar surface area (TPSA) is 20.3 Å². The summed E-state index contributed by atoms with van der Waals surface area (Å²) >= 11 is 4.36. The standard InChI is InChI=1S/C11H21NOS/c1-7(2)10(14)11(13)12-5-8(3)9(4)6-12/h7-10,14H,5-6H2,1-4H3. The van der Waals surface area contributed by atoms with Gasteiger partial charge in [-0.05, 0) is 17.8 Å². The number of amides is 1. The molecule has 0 aliphatic carbocycles. The van der Waals surface area contributed by atoms with E-state index in [0.717, 1.165) is 13.1 Å². The number of carbonyl (C=O) groups is 1. The SMILES string of the molecule is CC(C)C(S)C(=O)N1CC(C)C(C)C1. The number of nitrogens with zero attached hydrogens (tertiary/aromatic N) is 1. The minimum Gasteiger partial charge on any atom is -0.341 e. The third kappa shape index (κ3) is 2.44. The fourth-order valence-corrected chi connectivity index (χ4v) is 1.95. The van der Waals surface area contributed by atoms with E-state index in [9.17, 15) is 4.79 Å². The largest absolute Gasteiger partial charge is 0.341 e. The summed E-state index contributed by atoms with van der Waals surface area (Å²) in [6.45, 7) is 10.3. The van der Waals surface area contributed by atoms with Crippen molar-refractivity contribution in [2.75, 3.05) is 13.1 Å². The van der Waals surface area contributed by atoms with Crippen LogP contribution in [0.1, 0.15) is 27.7 Å². The summed E-state index contributed by atoms with van der Waals surface area (Å²) in [6, 6.07) is 0. The lowest BCUT2D eigenvalue weighted by molar-refractivity contribution is -0.130. The van der Waals surface area contributed by atoms with Gasteiger partial charge in [0.05, 0.1) is 5.25 Å². The van der Waals surface area contributed by atoms with E-state index in [2.05, 4.69) is 26.5 Å². The Labute approximate surface area is 92.5 Å². The molecule has 1 aliphatic heterocycles.